The third-order valence-electron chi connectivity index (χ3n) is 3.18. The van der Waals surface area contributed by atoms with E-state index in [2.05, 4.69) is 0 Å². The fourth-order valence-electron chi connectivity index (χ4n) is 1.99. The lowest BCUT2D eigenvalue weighted by atomic mass is 9.92. The monoisotopic (exact) mass is 359 g/mol. The van der Waals surface area contributed by atoms with Crippen LogP contribution in [-0.2, 0) is 14.3 Å². The summed E-state index contributed by atoms with van der Waals surface area (Å²) in [6.45, 7) is 5.84. The molecule has 0 heterocycles. The molecule has 1 N–H and O–H groups in total. The quantitative estimate of drug-likeness (QED) is 0.648. The summed E-state index contributed by atoms with van der Waals surface area (Å²) in [6, 6.07) is 6.00. The number of nitrogens with one attached hydrogen (secondary N) is 1. The fourth-order valence-corrected chi connectivity index (χ4v) is 1.99. The first-order valence-electron chi connectivity index (χ1n) is 7.52. The highest BCUT2D eigenvalue weighted by atomic mass is 19.4. The van der Waals surface area contributed by atoms with Crippen molar-refractivity contribution in [3.8, 4) is 0 Å². The van der Waals surface area contributed by atoms with Gasteiger partial charge < -0.3 is 10.1 Å². The molecule has 0 saturated heterocycles. The highest BCUT2D eigenvalue weighted by Crippen LogP contribution is 2.20. The van der Waals surface area contributed by atoms with Gasteiger partial charge in [0.1, 0.15) is 11.6 Å². The third-order valence-corrected chi connectivity index (χ3v) is 3.18. The van der Waals surface area contributed by atoms with E-state index in [1.54, 1.807) is 23.5 Å². The van der Waals surface area contributed by atoms with Gasteiger partial charge in [-0.1, -0.05) is 37.3 Å². The zero-order valence-corrected chi connectivity index (χ0v) is 14.3. The van der Waals surface area contributed by atoms with Crippen LogP contribution >= 0.6 is 0 Å². The maximum atomic E-state index is 12.5. The van der Waals surface area contributed by atoms with Crippen molar-refractivity contribution in [1.82, 2.24) is 5.32 Å². The van der Waals surface area contributed by atoms with Crippen LogP contribution in [0.4, 0.5) is 13.2 Å². The highest BCUT2D eigenvalue weighted by molar-refractivity contribution is 6.01. The number of carbonyl (C=O) groups is 3. The van der Waals surface area contributed by atoms with Crippen LogP contribution in [0.3, 0.4) is 0 Å². The highest BCUT2D eigenvalue weighted by Gasteiger charge is 2.44. The number of rotatable bonds is 5. The largest absolute Gasteiger partial charge is 0.471 e. The van der Waals surface area contributed by atoms with Gasteiger partial charge in [0.15, 0.2) is 5.78 Å². The summed E-state index contributed by atoms with van der Waals surface area (Å²) in [4.78, 5) is 35.9. The van der Waals surface area contributed by atoms with Crippen LogP contribution in [0, 0.1) is 5.92 Å². The number of halogens is 3. The Balaban J connectivity index is 3.10. The smallest absolute Gasteiger partial charge is 0.458 e. The van der Waals surface area contributed by atoms with Crippen LogP contribution < -0.4 is 5.32 Å². The lowest BCUT2D eigenvalue weighted by Crippen LogP contribution is -2.53. The molecule has 0 fully saturated rings. The summed E-state index contributed by atoms with van der Waals surface area (Å²) in [7, 11) is 0. The van der Waals surface area contributed by atoms with Gasteiger partial charge in [0.05, 0.1) is 5.92 Å². The second kappa shape index (κ2) is 7.67. The minimum absolute atomic E-state index is 0.213. The lowest BCUT2D eigenvalue weighted by Gasteiger charge is -2.27. The molecule has 0 aliphatic rings. The normalized spacial score (nSPS) is 14.4. The molecule has 138 valence electrons. The first-order chi connectivity index (χ1) is 11.3. The Bertz CT molecular complexity index is 636. The van der Waals surface area contributed by atoms with Crippen LogP contribution in [0.2, 0.25) is 0 Å². The minimum atomic E-state index is -5.18. The molecule has 0 bridgehead atoms. The second-order valence-electron chi connectivity index (χ2n) is 6.50. The number of esters is 1. The molecule has 0 aromatic heterocycles. The molecule has 0 spiro atoms. The molecule has 0 radical (unpaired) electrons. The van der Waals surface area contributed by atoms with E-state index in [0.717, 1.165) is 0 Å². The number of alkyl halides is 3. The van der Waals surface area contributed by atoms with E-state index >= 15 is 0 Å². The van der Waals surface area contributed by atoms with E-state index in [0.29, 0.717) is 0 Å². The van der Waals surface area contributed by atoms with Crippen molar-refractivity contribution in [3.63, 3.8) is 0 Å². The van der Waals surface area contributed by atoms with Crippen LogP contribution in [0.15, 0.2) is 30.3 Å². The molecule has 1 rings (SSSR count). The minimum Gasteiger partial charge on any atom is -0.458 e. The molecule has 0 aliphatic heterocycles. The molecule has 0 saturated carbocycles. The topological polar surface area (TPSA) is 72.5 Å². The summed E-state index contributed by atoms with van der Waals surface area (Å²) < 4.78 is 42.7. The standard InChI is InChI=1S/C17H20F3NO4/c1-10(13(22)11-8-6-5-7-9-11)12(14(23)25-16(2,3)4)21-15(24)17(18,19)20/h5-10,12H,1-4H3,(H,21,24)/t10-,12-/m0/s1. The van der Waals surface area contributed by atoms with Gasteiger partial charge >= 0.3 is 18.1 Å². The zero-order chi connectivity index (χ0) is 19.4. The second-order valence-corrected chi connectivity index (χ2v) is 6.50. The average Bonchev–Trinajstić information content (AvgIpc) is 2.49. The van der Waals surface area contributed by atoms with Crippen LogP contribution in [0.1, 0.15) is 38.1 Å². The van der Waals surface area contributed by atoms with Gasteiger partial charge in [-0.15, -0.1) is 0 Å². The Kier molecular flexibility index (Phi) is 6.34. The Morgan fingerprint density at radius 1 is 1.04 bits per heavy atom. The Hall–Kier alpha value is -2.38. The summed E-state index contributed by atoms with van der Waals surface area (Å²) in [5.74, 6) is -5.25. The Labute approximate surface area is 143 Å². The number of benzene rings is 1. The van der Waals surface area contributed by atoms with E-state index in [9.17, 15) is 27.6 Å². The summed E-state index contributed by atoms with van der Waals surface area (Å²) in [5, 5.41) is 1.57. The fraction of sp³-hybridized carbons (Fsp3) is 0.471. The van der Waals surface area contributed by atoms with Gasteiger partial charge in [-0.05, 0) is 20.8 Å². The van der Waals surface area contributed by atoms with Gasteiger partial charge in [0, 0.05) is 5.56 Å². The first kappa shape index (κ1) is 20.7. The molecule has 1 amide bonds. The number of hydrogen-bond acceptors (Lipinski definition) is 4. The molecular formula is C17H20F3NO4. The van der Waals surface area contributed by atoms with Crippen molar-refractivity contribution in [2.45, 2.75) is 45.5 Å². The van der Waals surface area contributed by atoms with Crippen molar-refractivity contribution in [2.24, 2.45) is 5.92 Å². The molecule has 1 aromatic rings. The van der Waals surface area contributed by atoms with Gasteiger partial charge in [0.2, 0.25) is 0 Å². The van der Waals surface area contributed by atoms with Crippen molar-refractivity contribution in [1.29, 1.82) is 0 Å². The maximum absolute atomic E-state index is 12.5. The third kappa shape index (κ3) is 6.21. The van der Waals surface area contributed by atoms with Crippen LogP contribution in [0.5, 0.6) is 0 Å². The number of ether oxygens (including phenoxy) is 1. The van der Waals surface area contributed by atoms with E-state index < -0.39 is 41.4 Å². The first-order valence-corrected chi connectivity index (χ1v) is 7.52. The number of amides is 1. The van der Waals surface area contributed by atoms with Crippen LogP contribution in [0.25, 0.3) is 0 Å². The lowest BCUT2D eigenvalue weighted by molar-refractivity contribution is -0.177. The predicted octanol–water partition coefficient (Wildman–Crippen LogP) is 2.89. The number of Topliss-reactive ketones (excluding diaryl/α,β-unsaturated/α-hetero) is 1. The Morgan fingerprint density at radius 3 is 2.00 bits per heavy atom. The average molecular weight is 359 g/mol. The van der Waals surface area contributed by atoms with Gasteiger partial charge in [-0.25, -0.2) is 4.79 Å². The molecule has 8 heteroatoms. The maximum Gasteiger partial charge on any atom is 0.471 e. The molecule has 5 nitrogen and oxygen atoms in total. The van der Waals surface area contributed by atoms with Crippen LogP contribution in [-0.4, -0.2) is 35.5 Å². The number of ketones is 1. The Morgan fingerprint density at radius 2 is 1.56 bits per heavy atom. The molecule has 25 heavy (non-hydrogen) atoms. The molecule has 0 unspecified atom stereocenters. The summed E-state index contributed by atoms with van der Waals surface area (Å²) >= 11 is 0. The van der Waals surface area contributed by atoms with E-state index in [1.807, 2.05) is 0 Å². The van der Waals surface area contributed by atoms with Gasteiger partial charge in [-0.3, -0.25) is 9.59 Å². The SMILES string of the molecule is C[C@H](C(=O)c1ccccc1)[C@H](NC(=O)C(F)(F)F)C(=O)OC(C)(C)C. The van der Waals surface area contributed by atoms with Crippen molar-refractivity contribution >= 4 is 17.7 Å². The van der Waals surface area contributed by atoms with Gasteiger partial charge in [-0.2, -0.15) is 13.2 Å². The molecule has 0 aliphatic carbocycles. The van der Waals surface area contributed by atoms with Crippen molar-refractivity contribution < 1.29 is 32.3 Å². The number of hydrogen-bond donors (Lipinski definition) is 1. The predicted molar refractivity (Wildman–Crippen MR) is 83.8 cm³/mol. The van der Waals surface area contributed by atoms with E-state index in [-0.39, 0.29) is 5.56 Å². The molecule has 1 aromatic carbocycles. The van der Waals surface area contributed by atoms with Crippen molar-refractivity contribution in [2.75, 3.05) is 0 Å². The zero-order valence-electron chi connectivity index (χ0n) is 14.3. The van der Waals surface area contributed by atoms with E-state index in [1.165, 1.54) is 39.8 Å². The number of carbonyl (C=O) groups excluding carboxylic acids is 3. The van der Waals surface area contributed by atoms with E-state index in [4.69, 9.17) is 4.74 Å². The molecule has 2 atom stereocenters. The summed E-state index contributed by atoms with van der Waals surface area (Å²) in [5.41, 5.74) is -0.779. The van der Waals surface area contributed by atoms with Crippen molar-refractivity contribution in [3.05, 3.63) is 35.9 Å². The summed E-state index contributed by atoms with van der Waals surface area (Å²) in [6.07, 6.45) is -5.18. The molecular weight excluding hydrogens is 339 g/mol. The van der Waals surface area contributed by atoms with Gasteiger partial charge in [0.25, 0.3) is 0 Å².